The molecule has 0 aliphatic heterocycles. The molecule has 0 fully saturated rings. The van der Waals surface area contributed by atoms with Crippen molar-refractivity contribution in [3.05, 3.63) is 65.6 Å². The summed E-state index contributed by atoms with van der Waals surface area (Å²) < 4.78 is 10.5. The Balaban J connectivity index is 1.87. The van der Waals surface area contributed by atoms with E-state index >= 15 is 0 Å². The molecular formula is C21H22N4O3. The average molecular weight is 378 g/mol. The molecule has 0 saturated heterocycles. The van der Waals surface area contributed by atoms with Crippen molar-refractivity contribution in [3.8, 4) is 11.5 Å². The lowest BCUT2D eigenvalue weighted by Gasteiger charge is -2.13. The largest absolute Gasteiger partial charge is 0.497 e. The molecule has 0 bridgehead atoms. The van der Waals surface area contributed by atoms with Gasteiger partial charge in [-0.05, 0) is 37.6 Å². The fraction of sp³-hybridized carbons (Fsp3) is 0.190. The number of nitrogens with zero attached hydrogens (tertiary/aromatic N) is 2. The molecule has 28 heavy (non-hydrogen) atoms. The standard InChI is InChI=1S/C21H22N4O3/c1-13-7-5-6-8-16(13)24-20-12-18(22-14(2)23-20)21(26)25-17-11-15(27-3)9-10-19(17)28-4/h5-12H,1-4H3,(H,25,26)(H,22,23,24). The van der Waals surface area contributed by atoms with E-state index in [9.17, 15) is 4.79 Å². The van der Waals surface area contributed by atoms with Gasteiger partial charge in [0.25, 0.3) is 5.91 Å². The van der Waals surface area contributed by atoms with Gasteiger partial charge in [0, 0.05) is 17.8 Å². The molecule has 7 heteroatoms. The monoisotopic (exact) mass is 378 g/mol. The van der Waals surface area contributed by atoms with Crippen LogP contribution >= 0.6 is 0 Å². The van der Waals surface area contributed by atoms with E-state index in [4.69, 9.17) is 9.47 Å². The van der Waals surface area contributed by atoms with Crippen LogP contribution in [0, 0.1) is 13.8 Å². The van der Waals surface area contributed by atoms with Gasteiger partial charge in [0.15, 0.2) is 0 Å². The van der Waals surface area contributed by atoms with Crippen molar-refractivity contribution in [2.24, 2.45) is 0 Å². The highest BCUT2D eigenvalue weighted by molar-refractivity contribution is 6.04. The molecule has 2 aromatic carbocycles. The molecular weight excluding hydrogens is 356 g/mol. The molecule has 2 N–H and O–H groups in total. The topological polar surface area (TPSA) is 85.4 Å². The molecule has 3 rings (SSSR count). The zero-order valence-electron chi connectivity index (χ0n) is 16.2. The number of aromatic nitrogens is 2. The normalized spacial score (nSPS) is 10.3. The molecule has 0 atom stereocenters. The summed E-state index contributed by atoms with van der Waals surface area (Å²) in [5.74, 6) is 1.80. The second-order valence-corrected chi connectivity index (χ2v) is 6.15. The number of nitrogens with one attached hydrogen (secondary N) is 2. The van der Waals surface area contributed by atoms with E-state index < -0.39 is 0 Å². The van der Waals surface area contributed by atoms with E-state index in [-0.39, 0.29) is 11.6 Å². The van der Waals surface area contributed by atoms with Crippen molar-refractivity contribution in [3.63, 3.8) is 0 Å². The number of carbonyl (C=O) groups is 1. The Hall–Kier alpha value is -3.61. The number of rotatable bonds is 6. The molecule has 0 spiro atoms. The van der Waals surface area contributed by atoms with E-state index in [0.717, 1.165) is 11.3 Å². The van der Waals surface area contributed by atoms with Crippen LogP contribution in [0.15, 0.2) is 48.5 Å². The summed E-state index contributed by atoms with van der Waals surface area (Å²) in [7, 11) is 3.10. The van der Waals surface area contributed by atoms with E-state index in [2.05, 4.69) is 20.6 Å². The Morgan fingerprint density at radius 3 is 2.43 bits per heavy atom. The predicted molar refractivity (Wildman–Crippen MR) is 109 cm³/mol. The number of para-hydroxylation sites is 1. The molecule has 144 valence electrons. The maximum Gasteiger partial charge on any atom is 0.274 e. The molecule has 0 unspecified atom stereocenters. The predicted octanol–water partition coefficient (Wildman–Crippen LogP) is 4.11. The van der Waals surface area contributed by atoms with E-state index in [0.29, 0.717) is 28.8 Å². The van der Waals surface area contributed by atoms with Gasteiger partial charge in [-0.3, -0.25) is 4.79 Å². The Kier molecular flexibility index (Phi) is 5.74. The number of methoxy groups -OCH3 is 2. The highest BCUT2D eigenvalue weighted by Gasteiger charge is 2.14. The first kappa shape index (κ1) is 19.2. The van der Waals surface area contributed by atoms with Crippen LogP contribution in [0.25, 0.3) is 0 Å². The zero-order chi connectivity index (χ0) is 20.1. The van der Waals surface area contributed by atoms with Gasteiger partial charge < -0.3 is 20.1 Å². The number of ether oxygens (including phenoxy) is 2. The summed E-state index contributed by atoms with van der Waals surface area (Å²) in [6.07, 6.45) is 0. The number of hydrogen-bond donors (Lipinski definition) is 2. The smallest absolute Gasteiger partial charge is 0.274 e. The maximum absolute atomic E-state index is 12.8. The summed E-state index contributed by atoms with van der Waals surface area (Å²) in [5, 5.41) is 6.06. The van der Waals surface area contributed by atoms with Gasteiger partial charge in [-0.15, -0.1) is 0 Å². The first-order valence-corrected chi connectivity index (χ1v) is 8.72. The lowest BCUT2D eigenvalue weighted by Crippen LogP contribution is -2.16. The SMILES string of the molecule is COc1ccc(OC)c(NC(=O)c2cc(Nc3ccccc3C)nc(C)n2)c1. The minimum atomic E-state index is -0.370. The van der Waals surface area contributed by atoms with Crippen molar-refractivity contribution < 1.29 is 14.3 Å². The van der Waals surface area contributed by atoms with E-state index in [1.54, 1.807) is 38.3 Å². The summed E-state index contributed by atoms with van der Waals surface area (Å²) in [5.41, 5.74) is 2.73. The maximum atomic E-state index is 12.8. The average Bonchev–Trinajstić information content (AvgIpc) is 2.69. The summed E-state index contributed by atoms with van der Waals surface area (Å²) in [4.78, 5) is 21.4. The highest BCUT2D eigenvalue weighted by Crippen LogP contribution is 2.29. The van der Waals surface area contributed by atoms with Crippen molar-refractivity contribution >= 4 is 23.1 Å². The molecule has 3 aromatic rings. The van der Waals surface area contributed by atoms with Crippen LogP contribution in [0.4, 0.5) is 17.2 Å². The van der Waals surface area contributed by atoms with Crippen LogP contribution < -0.4 is 20.1 Å². The number of anilines is 3. The first-order valence-electron chi connectivity index (χ1n) is 8.72. The Labute approximate surface area is 163 Å². The molecule has 0 radical (unpaired) electrons. The number of amides is 1. The van der Waals surface area contributed by atoms with Crippen LogP contribution in [-0.4, -0.2) is 30.1 Å². The molecule has 1 aromatic heterocycles. The van der Waals surface area contributed by atoms with Crippen molar-refractivity contribution in [2.45, 2.75) is 13.8 Å². The molecule has 1 heterocycles. The number of hydrogen-bond acceptors (Lipinski definition) is 6. The minimum Gasteiger partial charge on any atom is -0.497 e. The van der Waals surface area contributed by atoms with Crippen LogP contribution in [-0.2, 0) is 0 Å². The Morgan fingerprint density at radius 2 is 1.71 bits per heavy atom. The molecule has 0 aliphatic carbocycles. The van der Waals surface area contributed by atoms with Gasteiger partial charge in [0.2, 0.25) is 0 Å². The van der Waals surface area contributed by atoms with Gasteiger partial charge in [-0.25, -0.2) is 9.97 Å². The van der Waals surface area contributed by atoms with Gasteiger partial charge in [-0.2, -0.15) is 0 Å². The van der Waals surface area contributed by atoms with Crippen LogP contribution in [0.3, 0.4) is 0 Å². The van der Waals surface area contributed by atoms with Crippen molar-refractivity contribution in [2.75, 3.05) is 24.9 Å². The fourth-order valence-electron chi connectivity index (χ4n) is 2.70. The van der Waals surface area contributed by atoms with Gasteiger partial charge in [0.1, 0.15) is 28.8 Å². The number of carbonyl (C=O) groups excluding carboxylic acids is 1. The number of benzene rings is 2. The highest BCUT2D eigenvalue weighted by atomic mass is 16.5. The second kappa shape index (κ2) is 8.39. The lowest BCUT2D eigenvalue weighted by atomic mass is 10.2. The Morgan fingerprint density at radius 1 is 0.929 bits per heavy atom. The third kappa shape index (κ3) is 4.37. The van der Waals surface area contributed by atoms with Crippen LogP contribution in [0.5, 0.6) is 11.5 Å². The summed E-state index contributed by atoms with van der Waals surface area (Å²) >= 11 is 0. The third-order valence-electron chi connectivity index (χ3n) is 4.13. The van der Waals surface area contributed by atoms with Gasteiger partial charge >= 0.3 is 0 Å². The quantitative estimate of drug-likeness (QED) is 0.671. The molecule has 1 amide bonds. The van der Waals surface area contributed by atoms with Crippen LogP contribution in [0.1, 0.15) is 21.9 Å². The Bertz CT molecular complexity index is 1000. The summed E-state index contributed by atoms with van der Waals surface area (Å²) in [6.45, 7) is 3.74. The molecule has 7 nitrogen and oxygen atoms in total. The number of aryl methyl sites for hydroxylation is 2. The van der Waals surface area contributed by atoms with E-state index in [1.165, 1.54) is 7.11 Å². The summed E-state index contributed by atoms with van der Waals surface area (Å²) in [6, 6.07) is 14.6. The van der Waals surface area contributed by atoms with Crippen molar-refractivity contribution in [1.29, 1.82) is 0 Å². The molecule has 0 aliphatic rings. The third-order valence-corrected chi connectivity index (χ3v) is 4.13. The zero-order valence-corrected chi connectivity index (χ0v) is 16.2. The van der Waals surface area contributed by atoms with Gasteiger partial charge in [0.05, 0.1) is 19.9 Å². The van der Waals surface area contributed by atoms with Gasteiger partial charge in [-0.1, -0.05) is 18.2 Å². The van der Waals surface area contributed by atoms with Crippen molar-refractivity contribution in [1.82, 2.24) is 9.97 Å². The first-order chi connectivity index (χ1) is 13.5. The fourth-order valence-corrected chi connectivity index (χ4v) is 2.70. The molecule has 0 saturated carbocycles. The second-order valence-electron chi connectivity index (χ2n) is 6.15. The van der Waals surface area contributed by atoms with Crippen LogP contribution in [0.2, 0.25) is 0 Å². The minimum absolute atomic E-state index is 0.244. The van der Waals surface area contributed by atoms with E-state index in [1.807, 2.05) is 31.2 Å². The lowest BCUT2D eigenvalue weighted by molar-refractivity contribution is 0.102.